The molecule has 0 aliphatic rings. The standard InChI is InChI=1S/C17H18N4O3S/c1-18-25(23,24)12-14-6-4-5-13(9-14)11-19-15-10-17(22)21-8-3-2-7-16(21)20-15/h2-10,18-19H,11-12H2,1H3. The predicted molar refractivity (Wildman–Crippen MR) is 96.9 cm³/mol. The first-order chi connectivity index (χ1) is 12.0. The summed E-state index contributed by atoms with van der Waals surface area (Å²) in [5.41, 5.74) is 1.99. The molecule has 8 heteroatoms. The normalized spacial score (nSPS) is 11.6. The van der Waals surface area contributed by atoms with Gasteiger partial charge in [0.05, 0.1) is 5.75 Å². The van der Waals surface area contributed by atoms with Crippen molar-refractivity contribution in [2.45, 2.75) is 12.3 Å². The van der Waals surface area contributed by atoms with Crippen molar-refractivity contribution in [1.82, 2.24) is 14.1 Å². The molecule has 130 valence electrons. The van der Waals surface area contributed by atoms with Gasteiger partial charge in [0.2, 0.25) is 10.0 Å². The number of benzene rings is 1. The maximum absolute atomic E-state index is 12.1. The molecule has 7 nitrogen and oxygen atoms in total. The van der Waals surface area contributed by atoms with Gasteiger partial charge >= 0.3 is 0 Å². The third kappa shape index (κ3) is 4.23. The molecule has 0 aliphatic carbocycles. The van der Waals surface area contributed by atoms with Crippen molar-refractivity contribution in [3.63, 3.8) is 0 Å². The Hall–Kier alpha value is -2.71. The van der Waals surface area contributed by atoms with Crippen LogP contribution in [-0.2, 0) is 22.3 Å². The van der Waals surface area contributed by atoms with Crippen molar-refractivity contribution in [3.8, 4) is 0 Å². The van der Waals surface area contributed by atoms with Gasteiger partial charge in [-0.3, -0.25) is 9.20 Å². The second-order valence-electron chi connectivity index (χ2n) is 5.55. The van der Waals surface area contributed by atoms with E-state index < -0.39 is 10.0 Å². The second-order valence-corrected chi connectivity index (χ2v) is 7.47. The minimum absolute atomic E-state index is 0.0765. The number of rotatable bonds is 6. The van der Waals surface area contributed by atoms with E-state index in [-0.39, 0.29) is 11.3 Å². The lowest BCUT2D eigenvalue weighted by Crippen LogP contribution is -2.20. The lowest BCUT2D eigenvalue weighted by Gasteiger charge is -2.09. The first-order valence-electron chi connectivity index (χ1n) is 7.68. The fraction of sp³-hybridized carbons (Fsp3) is 0.176. The number of fused-ring (bicyclic) bond motifs is 1. The molecule has 0 radical (unpaired) electrons. The number of pyridine rings is 1. The molecule has 0 bridgehead atoms. The molecular formula is C17H18N4O3S. The Morgan fingerprint density at radius 2 is 1.88 bits per heavy atom. The highest BCUT2D eigenvalue weighted by Gasteiger charge is 2.09. The molecule has 25 heavy (non-hydrogen) atoms. The van der Waals surface area contributed by atoms with Crippen LogP contribution < -0.4 is 15.6 Å². The van der Waals surface area contributed by atoms with Gasteiger partial charge in [0, 0.05) is 18.8 Å². The highest BCUT2D eigenvalue weighted by Crippen LogP contribution is 2.11. The monoisotopic (exact) mass is 358 g/mol. The molecule has 1 aromatic carbocycles. The van der Waals surface area contributed by atoms with Crippen LogP contribution >= 0.6 is 0 Å². The highest BCUT2D eigenvalue weighted by molar-refractivity contribution is 7.88. The Bertz CT molecular complexity index is 1060. The van der Waals surface area contributed by atoms with E-state index in [1.54, 1.807) is 30.5 Å². The fourth-order valence-electron chi connectivity index (χ4n) is 2.46. The van der Waals surface area contributed by atoms with Gasteiger partial charge in [0.15, 0.2) is 0 Å². The minimum atomic E-state index is -3.31. The summed E-state index contributed by atoms with van der Waals surface area (Å²) < 4.78 is 27.1. The molecule has 0 atom stereocenters. The van der Waals surface area contributed by atoms with E-state index in [1.165, 1.54) is 17.5 Å². The van der Waals surface area contributed by atoms with Gasteiger partial charge in [0.25, 0.3) is 5.56 Å². The minimum Gasteiger partial charge on any atom is -0.366 e. The van der Waals surface area contributed by atoms with E-state index in [0.717, 1.165) is 5.56 Å². The average Bonchev–Trinajstić information content (AvgIpc) is 2.60. The van der Waals surface area contributed by atoms with Crippen LogP contribution in [0, 0.1) is 0 Å². The Kier molecular flexibility index (Phi) is 4.82. The molecule has 2 N–H and O–H groups in total. The molecular weight excluding hydrogens is 340 g/mol. The van der Waals surface area contributed by atoms with Crippen molar-refractivity contribution < 1.29 is 8.42 Å². The molecule has 0 saturated heterocycles. The Balaban J connectivity index is 1.77. The van der Waals surface area contributed by atoms with E-state index in [1.807, 2.05) is 18.2 Å². The molecule has 3 aromatic rings. The third-order valence-corrected chi connectivity index (χ3v) is 5.04. The van der Waals surface area contributed by atoms with Crippen molar-refractivity contribution in [3.05, 3.63) is 76.2 Å². The Labute approximate surface area is 145 Å². The summed E-state index contributed by atoms with van der Waals surface area (Å²) in [6, 6.07) is 14.1. The van der Waals surface area contributed by atoms with Crippen molar-refractivity contribution in [2.24, 2.45) is 0 Å². The van der Waals surface area contributed by atoms with Gasteiger partial charge in [-0.15, -0.1) is 0 Å². The van der Waals surface area contributed by atoms with E-state index in [9.17, 15) is 13.2 Å². The largest absolute Gasteiger partial charge is 0.366 e. The van der Waals surface area contributed by atoms with Crippen molar-refractivity contribution in [1.29, 1.82) is 0 Å². The molecule has 3 rings (SSSR count). The molecule has 0 saturated carbocycles. The quantitative estimate of drug-likeness (QED) is 0.694. The summed E-state index contributed by atoms with van der Waals surface area (Å²) in [4.78, 5) is 16.5. The van der Waals surface area contributed by atoms with Crippen LogP contribution in [0.5, 0.6) is 0 Å². The second kappa shape index (κ2) is 7.04. The highest BCUT2D eigenvalue weighted by atomic mass is 32.2. The topological polar surface area (TPSA) is 92.6 Å². The smallest absolute Gasteiger partial charge is 0.259 e. The van der Waals surface area contributed by atoms with Crippen LogP contribution in [0.2, 0.25) is 0 Å². The number of anilines is 1. The van der Waals surface area contributed by atoms with E-state index >= 15 is 0 Å². The van der Waals surface area contributed by atoms with Crippen LogP contribution in [0.25, 0.3) is 5.65 Å². The first kappa shape index (κ1) is 17.1. The number of hydrogen-bond donors (Lipinski definition) is 2. The summed E-state index contributed by atoms with van der Waals surface area (Å²) in [5, 5.41) is 3.11. The maximum atomic E-state index is 12.1. The summed E-state index contributed by atoms with van der Waals surface area (Å²) in [5.74, 6) is 0.400. The molecule has 0 fully saturated rings. The Morgan fingerprint density at radius 1 is 1.08 bits per heavy atom. The number of nitrogens with one attached hydrogen (secondary N) is 2. The SMILES string of the molecule is CNS(=O)(=O)Cc1cccc(CNc2cc(=O)n3ccccc3n2)c1. The molecule has 0 unspecified atom stereocenters. The lowest BCUT2D eigenvalue weighted by atomic mass is 10.1. The summed E-state index contributed by atoms with van der Waals surface area (Å²) in [6.07, 6.45) is 1.67. The number of aromatic nitrogens is 2. The number of hydrogen-bond acceptors (Lipinski definition) is 5. The summed E-state index contributed by atoms with van der Waals surface area (Å²) in [6.45, 7) is 0.433. The Morgan fingerprint density at radius 3 is 2.68 bits per heavy atom. The van der Waals surface area contributed by atoms with E-state index in [4.69, 9.17) is 0 Å². The maximum Gasteiger partial charge on any atom is 0.259 e. The molecule has 2 aromatic heterocycles. The van der Waals surface area contributed by atoms with Crippen LogP contribution in [0.15, 0.2) is 59.5 Å². The van der Waals surface area contributed by atoms with Gasteiger partial charge < -0.3 is 5.32 Å². The number of sulfonamides is 1. The number of nitrogens with zero attached hydrogens (tertiary/aromatic N) is 2. The van der Waals surface area contributed by atoms with Crippen molar-refractivity contribution >= 4 is 21.5 Å². The zero-order valence-electron chi connectivity index (χ0n) is 13.6. The van der Waals surface area contributed by atoms with Crippen LogP contribution in [0.1, 0.15) is 11.1 Å². The van der Waals surface area contributed by atoms with E-state index in [2.05, 4.69) is 15.0 Å². The van der Waals surface area contributed by atoms with Gasteiger partial charge in [0.1, 0.15) is 11.5 Å². The molecule has 2 heterocycles. The van der Waals surface area contributed by atoms with Gasteiger partial charge in [-0.2, -0.15) is 0 Å². The zero-order valence-corrected chi connectivity index (χ0v) is 14.5. The van der Waals surface area contributed by atoms with Gasteiger partial charge in [-0.05, 0) is 30.3 Å². The van der Waals surface area contributed by atoms with Crippen LogP contribution in [0.3, 0.4) is 0 Å². The lowest BCUT2D eigenvalue weighted by molar-refractivity contribution is 0.587. The van der Waals surface area contributed by atoms with Crippen LogP contribution in [0.4, 0.5) is 5.82 Å². The average molecular weight is 358 g/mol. The summed E-state index contributed by atoms with van der Waals surface area (Å²) >= 11 is 0. The first-order valence-corrected chi connectivity index (χ1v) is 9.33. The van der Waals surface area contributed by atoms with Crippen LogP contribution in [-0.4, -0.2) is 24.9 Å². The molecule has 0 spiro atoms. The molecule has 0 amide bonds. The van der Waals surface area contributed by atoms with Crippen molar-refractivity contribution in [2.75, 3.05) is 12.4 Å². The zero-order chi connectivity index (χ0) is 17.9. The van der Waals surface area contributed by atoms with Gasteiger partial charge in [-0.25, -0.2) is 18.1 Å². The predicted octanol–water partition coefficient (Wildman–Crippen LogP) is 1.36. The van der Waals surface area contributed by atoms with Gasteiger partial charge in [-0.1, -0.05) is 30.3 Å². The fourth-order valence-corrected chi connectivity index (χ4v) is 3.22. The third-order valence-electron chi connectivity index (χ3n) is 3.70. The summed E-state index contributed by atoms with van der Waals surface area (Å²) in [7, 11) is -1.92. The molecule has 0 aliphatic heterocycles. The van der Waals surface area contributed by atoms with E-state index in [0.29, 0.717) is 23.6 Å².